The lowest BCUT2D eigenvalue weighted by molar-refractivity contribution is -0.124. The number of aromatic nitrogens is 2. The largest absolute Gasteiger partial charge is 0.355 e. The van der Waals surface area contributed by atoms with Crippen molar-refractivity contribution in [3.8, 4) is 0 Å². The molecule has 1 amide bonds. The van der Waals surface area contributed by atoms with Crippen LogP contribution in [0.5, 0.6) is 0 Å². The van der Waals surface area contributed by atoms with Gasteiger partial charge in [-0.15, -0.1) is 0 Å². The molecule has 6 nitrogen and oxygen atoms in total. The normalized spacial score (nSPS) is 26.1. The second kappa shape index (κ2) is 9.22. The van der Waals surface area contributed by atoms with Crippen molar-refractivity contribution in [2.24, 2.45) is 11.8 Å². The van der Waals surface area contributed by atoms with Gasteiger partial charge in [-0.2, -0.15) is 0 Å². The van der Waals surface area contributed by atoms with Crippen LogP contribution >= 0.6 is 24.0 Å². The molecular formula is C25H30N4O2S2. The van der Waals surface area contributed by atoms with E-state index in [4.69, 9.17) is 17.2 Å². The first-order valence-corrected chi connectivity index (χ1v) is 13.2. The number of amides is 1. The number of rotatable bonds is 3. The maximum Gasteiger partial charge on any atom is 0.267 e. The van der Waals surface area contributed by atoms with Crippen LogP contribution in [0.3, 0.4) is 0 Å². The highest BCUT2D eigenvalue weighted by Crippen LogP contribution is 2.38. The molecule has 2 saturated heterocycles. The summed E-state index contributed by atoms with van der Waals surface area (Å²) < 4.78 is 2.17. The highest BCUT2D eigenvalue weighted by atomic mass is 32.2. The molecule has 0 radical (unpaired) electrons. The first-order valence-electron chi connectivity index (χ1n) is 12.0. The van der Waals surface area contributed by atoms with Crippen LogP contribution in [0.25, 0.3) is 11.7 Å². The average Bonchev–Trinajstić information content (AvgIpc) is 3.08. The Morgan fingerprint density at radius 1 is 1.09 bits per heavy atom. The lowest BCUT2D eigenvalue weighted by Gasteiger charge is -2.36. The lowest BCUT2D eigenvalue weighted by Crippen LogP contribution is -2.41. The molecule has 2 atom stereocenters. The Morgan fingerprint density at radius 3 is 2.55 bits per heavy atom. The number of carbonyl (C=O) groups excluding carboxylic acids is 1. The summed E-state index contributed by atoms with van der Waals surface area (Å²) in [4.78, 5) is 36.4. The van der Waals surface area contributed by atoms with Crippen molar-refractivity contribution in [2.75, 3.05) is 18.0 Å². The first-order chi connectivity index (χ1) is 15.9. The van der Waals surface area contributed by atoms with Gasteiger partial charge in [0.25, 0.3) is 11.5 Å². The Morgan fingerprint density at radius 2 is 1.82 bits per heavy atom. The maximum atomic E-state index is 13.6. The van der Waals surface area contributed by atoms with Crippen molar-refractivity contribution in [3.63, 3.8) is 0 Å². The minimum absolute atomic E-state index is 0.0687. The quantitative estimate of drug-likeness (QED) is 0.466. The number of carbonyl (C=O) groups is 1. The number of hydrogen-bond donors (Lipinski definition) is 0. The van der Waals surface area contributed by atoms with Crippen LogP contribution in [0.15, 0.2) is 34.1 Å². The zero-order chi connectivity index (χ0) is 23.1. The van der Waals surface area contributed by atoms with Crippen molar-refractivity contribution in [1.82, 2.24) is 14.3 Å². The maximum absolute atomic E-state index is 13.6. The molecule has 4 heterocycles. The van der Waals surface area contributed by atoms with Gasteiger partial charge in [0.05, 0.1) is 10.5 Å². The van der Waals surface area contributed by atoms with Gasteiger partial charge in [0.15, 0.2) is 0 Å². The van der Waals surface area contributed by atoms with Gasteiger partial charge in [-0.25, -0.2) is 4.98 Å². The summed E-state index contributed by atoms with van der Waals surface area (Å²) in [5.41, 5.74) is 0.948. The third kappa shape index (κ3) is 4.35. The van der Waals surface area contributed by atoms with Crippen LogP contribution in [-0.2, 0) is 4.79 Å². The minimum Gasteiger partial charge on any atom is -0.355 e. The number of thioether (sulfide) groups is 1. The van der Waals surface area contributed by atoms with Crippen LogP contribution in [0.1, 0.15) is 57.9 Å². The highest BCUT2D eigenvalue weighted by molar-refractivity contribution is 8.26. The molecule has 5 rings (SSSR count). The molecule has 0 spiro atoms. The SMILES string of the molecule is C[C@@H]1C[C@H](C)CN(c2nc3ccccn3c(=O)c2/C=C2\SC(=S)N(C3CCCCC3)C2=O)C1. The Hall–Kier alpha value is -2.19. The van der Waals surface area contributed by atoms with Gasteiger partial charge in [0.2, 0.25) is 0 Å². The van der Waals surface area contributed by atoms with Crippen molar-refractivity contribution in [3.05, 3.63) is 45.2 Å². The molecule has 3 aliphatic rings. The molecule has 8 heteroatoms. The van der Waals surface area contributed by atoms with E-state index in [1.165, 1.54) is 24.6 Å². The van der Waals surface area contributed by atoms with Crippen LogP contribution in [0.4, 0.5) is 5.82 Å². The zero-order valence-corrected chi connectivity index (χ0v) is 20.8. The number of piperidine rings is 1. The topological polar surface area (TPSA) is 57.9 Å². The fourth-order valence-corrected chi connectivity index (χ4v) is 6.94. The average molecular weight is 483 g/mol. The summed E-state index contributed by atoms with van der Waals surface area (Å²) in [6.45, 7) is 6.18. The van der Waals surface area contributed by atoms with Crippen LogP contribution < -0.4 is 10.5 Å². The van der Waals surface area contributed by atoms with Gasteiger partial charge in [-0.05, 0) is 49.3 Å². The van der Waals surface area contributed by atoms with Gasteiger partial charge in [0.1, 0.15) is 15.8 Å². The van der Waals surface area contributed by atoms with Crippen LogP contribution in [0, 0.1) is 11.8 Å². The number of pyridine rings is 1. The molecule has 2 aliphatic heterocycles. The molecule has 2 aromatic heterocycles. The first kappa shape index (κ1) is 22.6. The summed E-state index contributed by atoms with van der Waals surface area (Å²) in [7, 11) is 0. The van der Waals surface area contributed by atoms with E-state index in [-0.39, 0.29) is 17.5 Å². The monoisotopic (exact) mass is 482 g/mol. The summed E-state index contributed by atoms with van der Waals surface area (Å²) in [6, 6.07) is 5.75. The van der Waals surface area contributed by atoms with Crippen LogP contribution in [-0.4, -0.2) is 43.6 Å². The molecule has 0 bridgehead atoms. The summed E-state index contributed by atoms with van der Waals surface area (Å²) in [5.74, 6) is 1.64. The Bertz CT molecular complexity index is 1170. The molecule has 0 aromatic carbocycles. The number of nitrogens with zero attached hydrogens (tertiary/aromatic N) is 4. The Labute approximate surface area is 204 Å². The Kier molecular flexibility index (Phi) is 6.31. The number of thiocarbonyl (C=S) groups is 1. The van der Waals surface area contributed by atoms with Crippen molar-refractivity contribution in [2.45, 2.75) is 58.4 Å². The smallest absolute Gasteiger partial charge is 0.267 e. The molecule has 2 aromatic rings. The van der Waals surface area contributed by atoms with Gasteiger partial charge < -0.3 is 4.90 Å². The second-order valence-electron chi connectivity index (χ2n) is 9.78. The van der Waals surface area contributed by atoms with Gasteiger partial charge >= 0.3 is 0 Å². The van der Waals surface area contributed by atoms with E-state index >= 15 is 0 Å². The fraction of sp³-hybridized carbons (Fsp3) is 0.520. The number of anilines is 1. The van der Waals surface area contributed by atoms with E-state index in [0.29, 0.717) is 38.1 Å². The van der Waals surface area contributed by atoms with Gasteiger partial charge in [0, 0.05) is 25.3 Å². The predicted octanol–water partition coefficient (Wildman–Crippen LogP) is 4.71. The standard InChI is InChI=1S/C25H30N4O2S2/c1-16-12-17(2)15-27(14-16)22-19(23(30)28-11-7-6-10-21(28)26-22)13-20-24(31)29(25(32)33-20)18-8-4-3-5-9-18/h6-7,10-11,13,16-18H,3-5,8-9,12,14-15H2,1-2H3/b20-13-/t16-,17+. The van der Waals surface area contributed by atoms with Crippen molar-refractivity contribution < 1.29 is 4.79 Å². The summed E-state index contributed by atoms with van der Waals surface area (Å²) >= 11 is 6.92. The lowest BCUT2D eigenvalue weighted by atomic mass is 9.91. The third-order valence-corrected chi connectivity index (χ3v) is 8.29. The van der Waals surface area contributed by atoms with E-state index in [1.54, 1.807) is 21.6 Å². The predicted molar refractivity (Wildman–Crippen MR) is 139 cm³/mol. The molecule has 1 aliphatic carbocycles. The van der Waals surface area contributed by atoms with Gasteiger partial charge in [-0.1, -0.05) is 63.2 Å². The third-order valence-electron chi connectivity index (χ3n) is 6.96. The molecular weight excluding hydrogens is 452 g/mol. The minimum atomic E-state index is -0.149. The van der Waals surface area contributed by atoms with E-state index < -0.39 is 0 Å². The van der Waals surface area contributed by atoms with E-state index in [0.717, 1.165) is 38.8 Å². The van der Waals surface area contributed by atoms with Gasteiger partial charge in [-0.3, -0.25) is 18.9 Å². The molecule has 174 valence electrons. The summed E-state index contributed by atoms with van der Waals surface area (Å²) in [5, 5.41) is 0. The zero-order valence-electron chi connectivity index (χ0n) is 19.2. The van der Waals surface area contributed by atoms with Crippen molar-refractivity contribution in [1.29, 1.82) is 0 Å². The molecule has 33 heavy (non-hydrogen) atoms. The molecule has 0 N–H and O–H groups in total. The highest BCUT2D eigenvalue weighted by Gasteiger charge is 2.38. The van der Waals surface area contributed by atoms with E-state index in [9.17, 15) is 9.59 Å². The fourth-order valence-electron chi connectivity index (χ4n) is 5.56. The van der Waals surface area contributed by atoms with E-state index in [2.05, 4.69) is 18.7 Å². The van der Waals surface area contributed by atoms with Crippen molar-refractivity contribution >= 4 is 51.7 Å². The number of fused-ring (bicyclic) bond motifs is 1. The Balaban J connectivity index is 1.59. The summed E-state index contributed by atoms with van der Waals surface area (Å²) in [6.07, 6.45) is 10.1. The molecule has 3 fully saturated rings. The molecule has 1 saturated carbocycles. The number of hydrogen-bond acceptors (Lipinski definition) is 6. The van der Waals surface area contributed by atoms with E-state index in [1.807, 2.05) is 18.2 Å². The van der Waals surface area contributed by atoms with Crippen LogP contribution in [0.2, 0.25) is 0 Å². The second-order valence-corrected chi connectivity index (χ2v) is 11.5. The molecule has 0 unspecified atom stereocenters.